The largest absolute Gasteiger partial charge is 0.481 e. The van der Waals surface area contributed by atoms with E-state index in [1.807, 2.05) is 6.07 Å². The van der Waals surface area contributed by atoms with Crippen molar-refractivity contribution in [2.45, 2.75) is 25.7 Å². The van der Waals surface area contributed by atoms with Gasteiger partial charge in [-0.15, -0.1) is 0 Å². The Balaban J connectivity index is 2.98. The Labute approximate surface area is 80.6 Å². The summed E-state index contributed by atoms with van der Waals surface area (Å²) < 4.78 is 0. The Bertz CT molecular complexity index is 388. The van der Waals surface area contributed by atoms with Gasteiger partial charge < -0.3 is 5.11 Å². The third kappa shape index (κ3) is 1.71. The molecule has 14 heavy (non-hydrogen) atoms. The zero-order chi connectivity index (χ0) is 10.8. The second-order valence-electron chi connectivity index (χ2n) is 3.37. The van der Waals surface area contributed by atoms with Crippen LogP contribution >= 0.6 is 0 Å². The van der Waals surface area contributed by atoms with E-state index in [2.05, 4.69) is 15.2 Å². The molecule has 0 fully saturated rings. The number of H-pyrrole nitrogens is 1. The number of carbonyl (C=O) groups is 1. The number of carboxylic acid groups (broad SMARTS) is 1. The summed E-state index contributed by atoms with van der Waals surface area (Å²) in [5, 5.41) is 23.5. The molecular weight excluding hydrogens is 184 g/mol. The molecule has 1 heterocycles. The fourth-order valence-corrected chi connectivity index (χ4v) is 0.824. The van der Waals surface area contributed by atoms with Gasteiger partial charge in [0.1, 0.15) is 11.2 Å². The van der Waals surface area contributed by atoms with Crippen LogP contribution in [0.15, 0.2) is 0 Å². The molecule has 0 atom stereocenters. The first-order valence-electron chi connectivity index (χ1n) is 4.00. The Hall–Kier alpha value is -1.90. The number of nitrogens with one attached hydrogen (secondary N) is 1. The van der Waals surface area contributed by atoms with E-state index >= 15 is 0 Å². The highest BCUT2D eigenvalue weighted by molar-refractivity contribution is 5.78. The normalized spacial score (nSPS) is 10.9. The molecule has 1 aromatic heterocycles. The van der Waals surface area contributed by atoms with E-state index in [4.69, 9.17) is 10.4 Å². The topological polar surface area (TPSA) is 103 Å². The predicted molar refractivity (Wildman–Crippen MR) is 46.4 cm³/mol. The molecule has 0 amide bonds. The Morgan fingerprint density at radius 2 is 2.36 bits per heavy atom. The van der Waals surface area contributed by atoms with E-state index in [-0.39, 0.29) is 12.2 Å². The molecule has 74 valence electrons. The molecule has 0 radical (unpaired) electrons. The van der Waals surface area contributed by atoms with Crippen LogP contribution in [0.25, 0.3) is 0 Å². The summed E-state index contributed by atoms with van der Waals surface area (Å²) in [6.45, 7) is 3.02. The van der Waals surface area contributed by atoms with Gasteiger partial charge in [0.25, 0.3) is 0 Å². The number of aromatic amines is 1. The highest BCUT2D eigenvalue weighted by Gasteiger charge is 2.33. The molecule has 0 aromatic carbocycles. The molecule has 0 bridgehead atoms. The standard InChI is InChI=1S/C8H10N4O2/c1-8(2,7(13)14)6-10-5(3-4-9)11-12-6/h3H2,1-2H3,(H,13,14)(H,10,11,12). The van der Waals surface area contributed by atoms with E-state index < -0.39 is 11.4 Å². The van der Waals surface area contributed by atoms with Gasteiger partial charge in [0, 0.05) is 0 Å². The van der Waals surface area contributed by atoms with Crippen molar-refractivity contribution in [3.63, 3.8) is 0 Å². The van der Waals surface area contributed by atoms with E-state index in [1.54, 1.807) is 0 Å². The average Bonchev–Trinajstić information content (AvgIpc) is 2.53. The Kier molecular flexibility index (Phi) is 2.51. The van der Waals surface area contributed by atoms with Gasteiger partial charge in [-0.2, -0.15) is 10.4 Å². The molecule has 0 spiro atoms. The van der Waals surface area contributed by atoms with Crippen molar-refractivity contribution in [2.24, 2.45) is 0 Å². The van der Waals surface area contributed by atoms with Crippen LogP contribution in [-0.4, -0.2) is 26.3 Å². The van der Waals surface area contributed by atoms with Crippen LogP contribution < -0.4 is 0 Å². The van der Waals surface area contributed by atoms with Gasteiger partial charge in [-0.1, -0.05) is 0 Å². The maximum absolute atomic E-state index is 10.8. The second kappa shape index (κ2) is 3.46. The lowest BCUT2D eigenvalue weighted by Crippen LogP contribution is -2.29. The van der Waals surface area contributed by atoms with E-state index in [0.717, 1.165) is 0 Å². The van der Waals surface area contributed by atoms with E-state index in [0.29, 0.717) is 5.82 Å². The number of rotatable bonds is 3. The van der Waals surface area contributed by atoms with Crippen LogP contribution in [0.3, 0.4) is 0 Å². The minimum atomic E-state index is -1.13. The van der Waals surface area contributed by atoms with Gasteiger partial charge in [0.2, 0.25) is 0 Å². The number of aliphatic carboxylic acids is 1. The van der Waals surface area contributed by atoms with Gasteiger partial charge in [0.15, 0.2) is 5.82 Å². The summed E-state index contributed by atoms with van der Waals surface area (Å²) in [7, 11) is 0. The van der Waals surface area contributed by atoms with Crippen LogP contribution in [-0.2, 0) is 16.6 Å². The minimum absolute atomic E-state index is 0.0999. The second-order valence-corrected chi connectivity index (χ2v) is 3.37. The van der Waals surface area contributed by atoms with Gasteiger partial charge in [-0.05, 0) is 13.8 Å². The number of hydrogen-bond donors (Lipinski definition) is 2. The smallest absolute Gasteiger partial charge is 0.316 e. The minimum Gasteiger partial charge on any atom is -0.481 e. The molecule has 0 saturated carbocycles. The third-order valence-electron chi connectivity index (χ3n) is 1.87. The maximum atomic E-state index is 10.8. The molecule has 0 aliphatic carbocycles. The first-order valence-corrected chi connectivity index (χ1v) is 4.00. The van der Waals surface area contributed by atoms with Crippen LogP contribution in [0.1, 0.15) is 25.5 Å². The number of hydrogen-bond acceptors (Lipinski definition) is 4. The molecule has 0 unspecified atom stereocenters. The summed E-state index contributed by atoms with van der Waals surface area (Å²) in [6, 6.07) is 1.90. The predicted octanol–water partition coefficient (Wildman–Crippen LogP) is 0.233. The molecular formula is C8H10N4O2. The third-order valence-corrected chi connectivity index (χ3v) is 1.87. The zero-order valence-corrected chi connectivity index (χ0v) is 7.90. The fourth-order valence-electron chi connectivity index (χ4n) is 0.824. The van der Waals surface area contributed by atoms with Crippen molar-refractivity contribution in [1.29, 1.82) is 5.26 Å². The first-order chi connectivity index (χ1) is 6.48. The number of nitrogens with zero attached hydrogens (tertiary/aromatic N) is 3. The van der Waals surface area contributed by atoms with Crippen molar-refractivity contribution in [2.75, 3.05) is 0 Å². The number of nitriles is 1. The maximum Gasteiger partial charge on any atom is 0.316 e. The van der Waals surface area contributed by atoms with E-state index in [1.165, 1.54) is 13.8 Å². The van der Waals surface area contributed by atoms with Crippen LogP contribution in [0.5, 0.6) is 0 Å². The van der Waals surface area contributed by atoms with Crippen LogP contribution in [0.4, 0.5) is 0 Å². The van der Waals surface area contributed by atoms with Crippen molar-refractivity contribution in [1.82, 2.24) is 15.2 Å². The summed E-state index contributed by atoms with van der Waals surface area (Å²) >= 11 is 0. The first kappa shape index (κ1) is 10.2. The quantitative estimate of drug-likeness (QED) is 0.717. The molecule has 6 nitrogen and oxygen atoms in total. The van der Waals surface area contributed by atoms with Crippen molar-refractivity contribution in [3.8, 4) is 6.07 Å². The van der Waals surface area contributed by atoms with Crippen LogP contribution in [0, 0.1) is 11.3 Å². The number of carboxylic acids is 1. The van der Waals surface area contributed by atoms with Gasteiger partial charge in [-0.3, -0.25) is 9.89 Å². The molecule has 2 N–H and O–H groups in total. The Morgan fingerprint density at radius 3 is 2.86 bits per heavy atom. The summed E-state index contributed by atoms with van der Waals surface area (Å²) in [6.07, 6.45) is 0.0999. The lowest BCUT2D eigenvalue weighted by molar-refractivity contribution is -0.142. The zero-order valence-electron chi connectivity index (χ0n) is 7.90. The van der Waals surface area contributed by atoms with Gasteiger partial charge in [-0.25, -0.2) is 4.98 Å². The number of aromatic nitrogens is 3. The SMILES string of the molecule is CC(C)(C(=O)O)c1n[nH]c(CC#N)n1. The fraction of sp³-hybridized carbons (Fsp3) is 0.500. The summed E-state index contributed by atoms with van der Waals surface area (Å²) in [4.78, 5) is 14.8. The van der Waals surface area contributed by atoms with Crippen molar-refractivity contribution < 1.29 is 9.90 Å². The molecule has 1 aromatic rings. The lowest BCUT2D eigenvalue weighted by Gasteiger charge is -2.13. The monoisotopic (exact) mass is 194 g/mol. The molecule has 0 aliphatic rings. The highest BCUT2D eigenvalue weighted by Crippen LogP contribution is 2.19. The molecule has 0 aliphatic heterocycles. The average molecular weight is 194 g/mol. The molecule has 6 heteroatoms. The molecule has 0 saturated heterocycles. The Morgan fingerprint density at radius 1 is 1.71 bits per heavy atom. The van der Waals surface area contributed by atoms with Crippen molar-refractivity contribution >= 4 is 5.97 Å². The summed E-state index contributed by atoms with van der Waals surface area (Å²) in [5.74, 6) is -0.424. The van der Waals surface area contributed by atoms with E-state index in [9.17, 15) is 4.79 Å². The lowest BCUT2D eigenvalue weighted by atomic mass is 9.93. The van der Waals surface area contributed by atoms with Crippen LogP contribution in [0.2, 0.25) is 0 Å². The van der Waals surface area contributed by atoms with Gasteiger partial charge in [0.05, 0.1) is 12.5 Å². The highest BCUT2D eigenvalue weighted by atomic mass is 16.4. The molecule has 1 rings (SSSR count). The van der Waals surface area contributed by atoms with Gasteiger partial charge >= 0.3 is 5.97 Å². The van der Waals surface area contributed by atoms with Crippen molar-refractivity contribution in [3.05, 3.63) is 11.6 Å². The summed E-state index contributed by atoms with van der Waals surface area (Å²) in [5.41, 5.74) is -1.13.